The van der Waals surface area contributed by atoms with Gasteiger partial charge in [-0.2, -0.15) is 8.78 Å². The van der Waals surface area contributed by atoms with Crippen molar-refractivity contribution >= 4 is 35.6 Å². The van der Waals surface area contributed by atoms with Crippen LogP contribution in [0.2, 0.25) is 0 Å². The van der Waals surface area contributed by atoms with Crippen LogP contribution in [0.5, 0.6) is 5.75 Å². The minimum absolute atomic E-state index is 0. The first kappa shape index (κ1) is 27.1. The molecule has 33 heavy (non-hydrogen) atoms. The second kappa shape index (κ2) is 13.6. The molecule has 1 saturated heterocycles. The van der Waals surface area contributed by atoms with Crippen LogP contribution >= 0.6 is 24.0 Å². The summed E-state index contributed by atoms with van der Waals surface area (Å²) in [6.45, 7) is 7.55. The van der Waals surface area contributed by atoms with Gasteiger partial charge in [0.05, 0.1) is 0 Å². The quantitative estimate of drug-likeness (QED) is 0.262. The van der Waals surface area contributed by atoms with E-state index in [1.165, 1.54) is 0 Å². The fraction of sp³-hybridized carbons (Fsp3) is 0.565. The van der Waals surface area contributed by atoms with Crippen LogP contribution in [0, 0.1) is 5.92 Å². The number of halogens is 3. The number of nitrogens with zero attached hydrogens (tertiary/aromatic N) is 4. The first-order chi connectivity index (χ1) is 15.4. The van der Waals surface area contributed by atoms with E-state index < -0.39 is 6.61 Å². The van der Waals surface area contributed by atoms with Crippen LogP contribution in [-0.2, 0) is 13.1 Å². The second-order valence-electron chi connectivity index (χ2n) is 8.39. The van der Waals surface area contributed by atoms with Crippen LogP contribution in [0.1, 0.15) is 39.4 Å². The maximum atomic E-state index is 12.4. The van der Waals surface area contributed by atoms with E-state index in [-0.39, 0.29) is 35.8 Å². The van der Waals surface area contributed by atoms with Crippen LogP contribution in [0.3, 0.4) is 0 Å². The lowest BCUT2D eigenvalue weighted by molar-refractivity contribution is -0.0498. The molecule has 0 amide bonds. The van der Waals surface area contributed by atoms with E-state index in [1.54, 1.807) is 12.1 Å². The number of guanidine groups is 1. The molecule has 1 aliphatic rings. The Kier molecular flexibility index (Phi) is 11.2. The number of nitrogens with one attached hydrogen (secondary N) is 2. The molecule has 10 heteroatoms. The van der Waals surface area contributed by atoms with Crippen molar-refractivity contribution in [1.29, 1.82) is 0 Å². The summed E-state index contributed by atoms with van der Waals surface area (Å²) in [5.74, 6) is 2.45. The van der Waals surface area contributed by atoms with Gasteiger partial charge < -0.3 is 24.8 Å². The van der Waals surface area contributed by atoms with Gasteiger partial charge in [0.25, 0.3) is 0 Å². The Labute approximate surface area is 212 Å². The first-order valence-electron chi connectivity index (χ1n) is 11.3. The van der Waals surface area contributed by atoms with Gasteiger partial charge in [0.15, 0.2) is 5.96 Å². The van der Waals surface area contributed by atoms with Crippen molar-refractivity contribution in [2.24, 2.45) is 10.9 Å². The molecule has 1 fully saturated rings. The Balaban J connectivity index is 0.00000385. The van der Waals surface area contributed by atoms with Gasteiger partial charge in [-0.15, -0.1) is 24.0 Å². The molecule has 0 radical (unpaired) electrons. The van der Waals surface area contributed by atoms with E-state index in [4.69, 9.17) is 4.99 Å². The Bertz CT molecular complexity index is 859. The monoisotopic (exact) mass is 576 g/mol. The lowest BCUT2D eigenvalue weighted by Gasteiger charge is -2.35. The summed E-state index contributed by atoms with van der Waals surface area (Å²) in [6, 6.07) is 7.06. The third kappa shape index (κ3) is 8.63. The van der Waals surface area contributed by atoms with Crippen molar-refractivity contribution < 1.29 is 13.5 Å². The van der Waals surface area contributed by atoms with Gasteiger partial charge in [0, 0.05) is 50.3 Å². The normalized spacial score (nSPS) is 16.6. The van der Waals surface area contributed by atoms with Crippen LogP contribution in [0.4, 0.5) is 14.5 Å². The number of benzene rings is 1. The predicted octanol–water partition coefficient (Wildman–Crippen LogP) is 4.48. The zero-order chi connectivity index (χ0) is 22.9. The third-order valence-electron chi connectivity index (χ3n) is 5.28. The number of hydrogen-bond acceptors (Lipinski definition) is 4. The summed E-state index contributed by atoms with van der Waals surface area (Å²) in [5.41, 5.74) is 0.996. The highest BCUT2D eigenvalue weighted by molar-refractivity contribution is 14.0. The van der Waals surface area contributed by atoms with Crippen molar-refractivity contribution in [3.05, 3.63) is 42.5 Å². The minimum atomic E-state index is -2.81. The number of anilines is 1. The molecule has 2 N–H and O–H groups in total. The van der Waals surface area contributed by atoms with Crippen molar-refractivity contribution in [1.82, 2.24) is 20.2 Å². The Hall–Kier alpha value is -2.11. The summed E-state index contributed by atoms with van der Waals surface area (Å²) in [7, 11) is 0. The summed E-state index contributed by atoms with van der Waals surface area (Å²) in [5, 5.41) is 6.88. The average molecular weight is 576 g/mol. The molecule has 1 aromatic heterocycles. The van der Waals surface area contributed by atoms with E-state index in [9.17, 15) is 8.78 Å². The van der Waals surface area contributed by atoms with Crippen molar-refractivity contribution in [3.63, 3.8) is 0 Å². The molecule has 2 aromatic rings. The number of hydrogen-bond donors (Lipinski definition) is 2. The van der Waals surface area contributed by atoms with Gasteiger partial charge in [-0.3, -0.25) is 0 Å². The number of rotatable bonds is 9. The maximum absolute atomic E-state index is 12.4. The van der Waals surface area contributed by atoms with Crippen molar-refractivity contribution in [2.75, 3.05) is 24.5 Å². The molecular weight excluding hydrogens is 541 g/mol. The van der Waals surface area contributed by atoms with Crippen LogP contribution in [0.15, 0.2) is 41.7 Å². The summed E-state index contributed by atoms with van der Waals surface area (Å²) in [4.78, 5) is 11.5. The second-order valence-corrected chi connectivity index (χ2v) is 8.39. The maximum Gasteiger partial charge on any atom is 0.387 e. The standard InChI is InChI=1S/C23H34F2N6O.HI/c1-4-26-23(28-14-21-27-11-13-31(21)15-17(2)3)29-18-6-5-12-30(16-18)19-7-9-20(10-8-19)32-22(24)25;/h7-11,13,17-18,22H,4-6,12,14-16H2,1-3H3,(H2,26,28,29);1H. The molecule has 0 spiro atoms. The average Bonchev–Trinajstić information content (AvgIpc) is 3.19. The Morgan fingerprint density at radius 1 is 1.27 bits per heavy atom. The van der Waals surface area contributed by atoms with E-state index in [0.717, 1.165) is 56.5 Å². The molecule has 0 aliphatic carbocycles. The van der Waals surface area contributed by atoms with E-state index in [1.807, 2.05) is 31.5 Å². The highest BCUT2D eigenvalue weighted by atomic mass is 127. The van der Waals surface area contributed by atoms with Gasteiger partial charge in [-0.05, 0) is 49.9 Å². The van der Waals surface area contributed by atoms with E-state index >= 15 is 0 Å². The Morgan fingerprint density at radius 2 is 2.03 bits per heavy atom. The Morgan fingerprint density at radius 3 is 2.70 bits per heavy atom. The SMILES string of the molecule is CCNC(=NCc1nccn1CC(C)C)NC1CCCN(c2ccc(OC(F)F)cc2)C1.I. The number of piperidine rings is 1. The smallest absolute Gasteiger partial charge is 0.387 e. The lowest BCUT2D eigenvalue weighted by Crippen LogP contribution is -2.51. The fourth-order valence-electron chi connectivity index (χ4n) is 3.88. The highest BCUT2D eigenvalue weighted by Gasteiger charge is 2.21. The molecule has 1 unspecified atom stereocenters. The molecule has 1 aromatic carbocycles. The third-order valence-corrected chi connectivity index (χ3v) is 5.28. The van der Waals surface area contributed by atoms with Gasteiger partial charge >= 0.3 is 6.61 Å². The van der Waals surface area contributed by atoms with Gasteiger partial charge in [-0.25, -0.2) is 9.98 Å². The topological polar surface area (TPSA) is 66.7 Å². The zero-order valence-electron chi connectivity index (χ0n) is 19.5. The number of alkyl halides is 2. The summed E-state index contributed by atoms with van der Waals surface area (Å²) >= 11 is 0. The zero-order valence-corrected chi connectivity index (χ0v) is 21.8. The molecule has 0 bridgehead atoms. The van der Waals surface area contributed by atoms with Crippen LogP contribution in [0.25, 0.3) is 0 Å². The summed E-state index contributed by atoms with van der Waals surface area (Å²) < 4.78 is 31.4. The largest absolute Gasteiger partial charge is 0.435 e. The number of ether oxygens (including phenoxy) is 1. The molecular formula is C23H35F2IN6O. The van der Waals surface area contributed by atoms with E-state index in [0.29, 0.717) is 12.5 Å². The van der Waals surface area contributed by atoms with Crippen LogP contribution < -0.4 is 20.3 Å². The number of aliphatic imine (C=N–C) groups is 1. The number of aromatic nitrogens is 2. The van der Waals surface area contributed by atoms with Gasteiger partial charge in [0.2, 0.25) is 0 Å². The summed E-state index contributed by atoms with van der Waals surface area (Å²) in [6.07, 6.45) is 5.90. The molecule has 1 atom stereocenters. The predicted molar refractivity (Wildman–Crippen MR) is 139 cm³/mol. The molecule has 0 saturated carbocycles. The molecule has 2 heterocycles. The molecule has 1 aliphatic heterocycles. The fourth-order valence-corrected chi connectivity index (χ4v) is 3.88. The van der Waals surface area contributed by atoms with E-state index in [2.05, 4.69) is 43.7 Å². The lowest BCUT2D eigenvalue weighted by atomic mass is 10.0. The van der Waals surface area contributed by atoms with Crippen molar-refractivity contribution in [2.45, 2.75) is 59.4 Å². The van der Waals surface area contributed by atoms with Crippen LogP contribution in [-0.4, -0.2) is 47.8 Å². The van der Waals surface area contributed by atoms with Crippen molar-refractivity contribution in [3.8, 4) is 5.75 Å². The minimum Gasteiger partial charge on any atom is -0.435 e. The highest BCUT2D eigenvalue weighted by Crippen LogP contribution is 2.24. The number of imidazole rings is 1. The molecule has 3 rings (SSSR count). The molecule has 184 valence electrons. The van der Waals surface area contributed by atoms with Gasteiger partial charge in [-0.1, -0.05) is 13.8 Å². The molecule has 7 nitrogen and oxygen atoms in total. The first-order valence-corrected chi connectivity index (χ1v) is 11.3. The van der Waals surface area contributed by atoms with Gasteiger partial charge in [0.1, 0.15) is 18.1 Å².